The van der Waals surface area contributed by atoms with E-state index >= 15 is 0 Å². The van der Waals surface area contributed by atoms with E-state index in [4.69, 9.17) is 5.11 Å². The van der Waals surface area contributed by atoms with E-state index in [1.165, 1.54) is 0 Å². The van der Waals surface area contributed by atoms with Gasteiger partial charge in [-0.2, -0.15) is 5.10 Å². The molecule has 0 amide bonds. The average Bonchev–Trinajstić information content (AvgIpc) is 2.58. The fourth-order valence-electron chi connectivity index (χ4n) is 1.83. The van der Waals surface area contributed by atoms with Crippen LogP contribution in [0.15, 0.2) is 16.7 Å². The van der Waals surface area contributed by atoms with Crippen LogP contribution in [-0.2, 0) is 0 Å². The van der Waals surface area contributed by atoms with Crippen molar-refractivity contribution < 1.29 is 9.90 Å². The van der Waals surface area contributed by atoms with Crippen LogP contribution in [-0.4, -0.2) is 25.8 Å². The van der Waals surface area contributed by atoms with Gasteiger partial charge in [0.05, 0.1) is 15.9 Å². The van der Waals surface area contributed by atoms with Crippen molar-refractivity contribution in [2.75, 3.05) is 0 Å². The molecule has 0 aliphatic heterocycles. The first-order valence-corrected chi connectivity index (χ1v) is 6.13. The fraction of sp³-hybridized carbons (Fsp3) is 0.250. The second kappa shape index (κ2) is 4.53. The quantitative estimate of drug-likeness (QED) is 0.926. The Kier molecular flexibility index (Phi) is 3.21. The monoisotopic (exact) mass is 309 g/mol. The molecular formula is C12H12BrN3O2. The summed E-state index contributed by atoms with van der Waals surface area (Å²) in [6.45, 7) is 5.34. The molecule has 0 spiro atoms. The number of carbonyl (C=O) groups is 1. The Morgan fingerprint density at radius 2 is 2.06 bits per heavy atom. The molecule has 0 atom stereocenters. The first kappa shape index (κ1) is 12.8. The van der Waals surface area contributed by atoms with Gasteiger partial charge in [0.1, 0.15) is 5.56 Å². The number of hydrogen-bond donors (Lipinski definition) is 1. The Bertz CT molecular complexity index is 634. The largest absolute Gasteiger partial charge is 0.478 e. The highest BCUT2D eigenvalue weighted by molar-refractivity contribution is 9.10. The van der Waals surface area contributed by atoms with E-state index in [1.54, 1.807) is 24.7 Å². The lowest BCUT2D eigenvalue weighted by atomic mass is 10.2. The minimum absolute atomic E-state index is 0.227. The molecule has 0 radical (unpaired) electrons. The molecule has 1 N–H and O–H groups in total. The van der Waals surface area contributed by atoms with Gasteiger partial charge in [-0.15, -0.1) is 0 Å². The van der Waals surface area contributed by atoms with Crippen LogP contribution in [0.4, 0.5) is 0 Å². The summed E-state index contributed by atoms with van der Waals surface area (Å²) in [6.07, 6.45) is 1.67. The lowest BCUT2D eigenvalue weighted by Gasteiger charge is -2.07. The maximum absolute atomic E-state index is 11.2. The van der Waals surface area contributed by atoms with Gasteiger partial charge >= 0.3 is 5.97 Å². The van der Waals surface area contributed by atoms with Crippen LogP contribution in [0.25, 0.3) is 5.82 Å². The third-order valence-electron chi connectivity index (χ3n) is 2.77. The molecule has 0 fully saturated rings. The fourth-order valence-corrected chi connectivity index (χ4v) is 2.23. The molecule has 2 rings (SSSR count). The van der Waals surface area contributed by atoms with Gasteiger partial charge in [0, 0.05) is 6.20 Å². The maximum atomic E-state index is 11.2. The third-order valence-corrected chi connectivity index (χ3v) is 3.75. The normalized spacial score (nSPS) is 10.7. The lowest BCUT2D eigenvalue weighted by molar-refractivity contribution is 0.0695. The van der Waals surface area contributed by atoms with Gasteiger partial charge in [0.15, 0.2) is 5.82 Å². The molecule has 0 aromatic carbocycles. The van der Waals surface area contributed by atoms with Crippen LogP contribution < -0.4 is 0 Å². The van der Waals surface area contributed by atoms with Gasteiger partial charge in [-0.3, -0.25) is 0 Å². The number of halogens is 1. The average molecular weight is 310 g/mol. The van der Waals surface area contributed by atoms with Gasteiger partial charge in [-0.1, -0.05) is 0 Å². The number of pyridine rings is 1. The summed E-state index contributed by atoms with van der Waals surface area (Å²) < 4.78 is 2.36. The number of aromatic nitrogens is 3. The minimum atomic E-state index is -0.972. The standard InChI is InChI=1S/C12H12BrN3O2/c1-6-4-5-14-11(10(6)13)16-8(3)9(12(17)18)7(2)15-16/h4-5H,1-3H3,(H,17,18). The van der Waals surface area contributed by atoms with Crippen molar-refractivity contribution in [3.8, 4) is 5.82 Å². The van der Waals surface area contributed by atoms with Gasteiger partial charge in [-0.05, 0) is 48.3 Å². The Morgan fingerprint density at radius 3 is 2.61 bits per heavy atom. The van der Waals surface area contributed by atoms with E-state index < -0.39 is 5.97 Å². The Morgan fingerprint density at radius 1 is 1.39 bits per heavy atom. The van der Waals surface area contributed by atoms with Crippen molar-refractivity contribution >= 4 is 21.9 Å². The topological polar surface area (TPSA) is 68.0 Å². The van der Waals surface area contributed by atoms with Crippen LogP contribution in [0.5, 0.6) is 0 Å². The predicted octanol–water partition coefficient (Wildman–Crippen LogP) is 2.65. The molecule has 0 saturated carbocycles. The molecule has 0 aliphatic carbocycles. The molecule has 18 heavy (non-hydrogen) atoms. The Balaban J connectivity index is 2.69. The van der Waals surface area contributed by atoms with Crippen molar-refractivity contribution in [3.05, 3.63) is 39.3 Å². The van der Waals surface area contributed by atoms with Crippen LogP contribution in [0.3, 0.4) is 0 Å². The smallest absolute Gasteiger partial charge is 0.339 e. The third kappa shape index (κ3) is 1.92. The van der Waals surface area contributed by atoms with Crippen LogP contribution in [0, 0.1) is 20.8 Å². The van der Waals surface area contributed by atoms with E-state index in [-0.39, 0.29) is 5.56 Å². The number of nitrogens with zero attached hydrogens (tertiary/aromatic N) is 3. The highest BCUT2D eigenvalue weighted by Crippen LogP contribution is 2.25. The predicted molar refractivity (Wildman–Crippen MR) is 70.2 cm³/mol. The molecular weight excluding hydrogens is 298 g/mol. The van der Waals surface area contributed by atoms with Crippen LogP contribution in [0.1, 0.15) is 27.3 Å². The second-order valence-corrected chi connectivity index (χ2v) is 4.82. The molecule has 2 heterocycles. The summed E-state index contributed by atoms with van der Waals surface area (Å²) in [5.41, 5.74) is 2.30. The zero-order valence-electron chi connectivity index (χ0n) is 10.2. The van der Waals surface area contributed by atoms with Gasteiger partial charge < -0.3 is 5.11 Å². The highest BCUT2D eigenvalue weighted by Gasteiger charge is 2.20. The highest BCUT2D eigenvalue weighted by atomic mass is 79.9. The molecule has 2 aromatic heterocycles. The summed E-state index contributed by atoms with van der Waals surface area (Å²) in [7, 11) is 0. The molecule has 0 aliphatic rings. The molecule has 6 heteroatoms. The number of carboxylic acid groups (broad SMARTS) is 1. The molecule has 5 nitrogen and oxygen atoms in total. The van der Waals surface area contributed by atoms with Crippen molar-refractivity contribution in [3.63, 3.8) is 0 Å². The maximum Gasteiger partial charge on any atom is 0.339 e. The first-order chi connectivity index (χ1) is 8.43. The SMILES string of the molecule is Cc1ccnc(-n2nc(C)c(C(=O)O)c2C)c1Br. The van der Waals surface area contributed by atoms with Crippen molar-refractivity contribution in [2.24, 2.45) is 0 Å². The Labute approximate surface area is 113 Å². The molecule has 2 aromatic rings. The number of hydrogen-bond acceptors (Lipinski definition) is 3. The van der Waals surface area contributed by atoms with Crippen molar-refractivity contribution in [2.45, 2.75) is 20.8 Å². The summed E-state index contributed by atoms with van der Waals surface area (Å²) in [6, 6.07) is 1.87. The summed E-state index contributed by atoms with van der Waals surface area (Å²) in [4.78, 5) is 15.4. The van der Waals surface area contributed by atoms with E-state index in [0.717, 1.165) is 10.0 Å². The number of rotatable bonds is 2. The van der Waals surface area contributed by atoms with Crippen LogP contribution in [0.2, 0.25) is 0 Å². The van der Waals surface area contributed by atoms with Gasteiger partial charge in [-0.25, -0.2) is 14.5 Å². The molecule has 0 bridgehead atoms. The number of aryl methyl sites for hydroxylation is 2. The molecule has 0 saturated heterocycles. The number of carboxylic acids is 1. The van der Waals surface area contributed by atoms with Crippen molar-refractivity contribution in [1.29, 1.82) is 0 Å². The van der Waals surface area contributed by atoms with Gasteiger partial charge in [0.25, 0.3) is 0 Å². The summed E-state index contributed by atoms with van der Waals surface area (Å²) in [5, 5.41) is 13.4. The second-order valence-electron chi connectivity index (χ2n) is 4.03. The number of aromatic carboxylic acids is 1. The summed E-state index contributed by atoms with van der Waals surface area (Å²) >= 11 is 3.45. The van der Waals surface area contributed by atoms with E-state index in [0.29, 0.717) is 17.2 Å². The van der Waals surface area contributed by atoms with E-state index in [1.807, 2.05) is 13.0 Å². The zero-order chi connectivity index (χ0) is 13.4. The van der Waals surface area contributed by atoms with Gasteiger partial charge in [0.2, 0.25) is 0 Å². The minimum Gasteiger partial charge on any atom is -0.478 e. The van der Waals surface area contributed by atoms with Crippen molar-refractivity contribution in [1.82, 2.24) is 14.8 Å². The van der Waals surface area contributed by atoms with E-state index in [9.17, 15) is 4.79 Å². The molecule has 94 valence electrons. The lowest BCUT2D eigenvalue weighted by Crippen LogP contribution is -2.05. The first-order valence-electron chi connectivity index (χ1n) is 5.34. The molecule has 0 unspecified atom stereocenters. The van der Waals surface area contributed by atoms with Crippen LogP contribution >= 0.6 is 15.9 Å². The Hall–Kier alpha value is -1.69. The van der Waals surface area contributed by atoms with E-state index in [2.05, 4.69) is 26.0 Å². The summed E-state index contributed by atoms with van der Waals surface area (Å²) in [5.74, 6) is -0.372. The zero-order valence-corrected chi connectivity index (χ0v) is 11.8.